The number of thiazole rings is 1. The molecular weight excluding hydrogens is 278 g/mol. The summed E-state index contributed by atoms with van der Waals surface area (Å²) in [6.07, 6.45) is 8.88. The average molecular weight is 299 g/mol. The number of aryl methyl sites for hydroxylation is 1. The van der Waals surface area contributed by atoms with Gasteiger partial charge < -0.3 is 0 Å². The molecule has 0 spiro atoms. The summed E-state index contributed by atoms with van der Waals surface area (Å²) in [5, 5.41) is 12.3. The van der Waals surface area contributed by atoms with Crippen LogP contribution in [0, 0.1) is 41.9 Å². The first-order chi connectivity index (χ1) is 10.2. The Hall–Kier alpha value is -1.21. The van der Waals surface area contributed by atoms with Gasteiger partial charge in [0.15, 0.2) is 0 Å². The third-order valence-corrected chi connectivity index (χ3v) is 6.67. The molecule has 5 rings (SSSR count). The molecule has 4 aliphatic rings. The van der Waals surface area contributed by atoms with E-state index in [4.69, 9.17) is 4.99 Å². The molecule has 4 saturated carbocycles. The van der Waals surface area contributed by atoms with Gasteiger partial charge in [0.2, 0.25) is 0 Å². The molecule has 0 aromatic carbocycles. The van der Waals surface area contributed by atoms with Gasteiger partial charge in [-0.1, -0.05) is 0 Å². The molecule has 1 heterocycles. The van der Waals surface area contributed by atoms with Gasteiger partial charge in [-0.15, -0.1) is 11.3 Å². The second-order valence-electron chi connectivity index (χ2n) is 7.15. The van der Waals surface area contributed by atoms with Gasteiger partial charge in [-0.3, -0.25) is 4.99 Å². The lowest BCUT2D eigenvalue weighted by molar-refractivity contribution is 0.00139. The maximum atomic E-state index is 9.40. The van der Waals surface area contributed by atoms with Crippen molar-refractivity contribution in [3.8, 4) is 6.07 Å². The van der Waals surface area contributed by atoms with Crippen LogP contribution in [-0.4, -0.2) is 17.2 Å². The van der Waals surface area contributed by atoms with Crippen LogP contribution in [0.5, 0.6) is 0 Å². The van der Waals surface area contributed by atoms with Crippen molar-refractivity contribution in [3.05, 3.63) is 16.1 Å². The van der Waals surface area contributed by atoms with Gasteiger partial charge in [-0.2, -0.15) is 5.26 Å². The van der Waals surface area contributed by atoms with Crippen molar-refractivity contribution in [1.29, 1.82) is 5.26 Å². The molecule has 110 valence electrons. The van der Waals surface area contributed by atoms with Gasteiger partial charge in [0.1, 0.15) is 10.9 Å². The average Bonchev–Trinajstić information content (AvgIpc) is 2.88. The summed E-state index contributed by atoms with van der Waals surface area (Å²) >= 11 is 1.57. The molecular formula is C17H21N3S. The minimum atomic E-state index is -0.263. The van der Waals surface area contributed by atoms with Gasteiger partial charge in [0, 0.05) is 17.3 Å². The second kappa shape index (κ2) is 5.21. The van der Waals surface area contributed by atoms with E-state index in [0.29, 0.717) is 6.04 Å². The molecule has 0 amide bonds. The first-order valence-corrected chi connectivity index (χ1v) is 8.96. The number of hydrogen-bond acceptors (Lipinski definition) is 4. The van der Waals surface area contributed by atoms with Crippen LogP contribution in [-0.2, 0) is 0 Å². The van der Waals surface area contributed by atoms with Crippen LogP contribution >= 0.6 is 11.3 Å². The summed E-state index contributed by atoms with van der Waals surface area (Å²) in [5.74, 6) is 3.27. The number of nitriles is 1. The summed E-state index contributed by atoms with van der Waals surface area (Å²) in [6, 6.07) is 2.83. The van der Waals surface area contributed by atoms with Crippen LogP contribution in [0.1, 0.15) is 48.7 Å². The van der Waals surface area contributed by atoms with Crippen LogP contribution in [0.15, 0.2) is 10.4 Å². The van der Waals surface area contributed by atoms with E-state index in [0.717, 1.165) is 34.4 Å². The van der Waals surface area contributed by atoms with E-state index in [1.165, 1.54) is 32.1 Å². The number of rotatable bonds is 3. The fourth-order valence-corrected chi connectivity index (χ4v) is 5.79. The standard InChI is InChI=1S/C17H21N3S/c1-10-9-21-17(20-10)15(7-18)8-19-16-13-3-11-2-12(5-13)6-14(16)4-11/h8-9,11-16H,2-6H2,1H3/t11?,12?,13?,14?,15-,16?/m0/s1. The normalized spacial score (nSPS) is 38.8. The highest BCUT2D eigenvalue weighted by atomic mass is 32.1. The number of hydrogen-bond donors (Lipinski definition) is 0. The number of aromatic nitrogens is 1. The summed E-state index contributed by atoms with van der Waals surface area (Å²) in [4.78, 5) is 9.34. The molecule has 4 aliphatic carbocycles. The van der Waals surface area contributed by atoms with Crippen LogP contribution in [0.4, 0.5) is 0 Å². The lowest BCUT2D eigenvalue weighted by Crippen LogP contribution is -2.47. The van der Waals surface area contributed by atoms with Gasteiger partial charge >= 0.3 is 0 Å². The molecule has 0 saturated heterocycles. The molecule has 1 aromatic rings. The number of nitrogens with zero attached hydrogens (tertiary/aromatic N) is 3. The van der Waals surface area contributed by atoms with Crippen molar-refractivity contribution in [1.82, 2.24) is 4.98 Å². The predicted octanol–water partition coefficient (Wildman–Crippen LogP) is 3.95. The zero-order valence-corrected chi connectivity index (χ0v) is 13.2. The van der Waals surface area contributed by atoms with Crippen LogP contribution in [0.3, 0.4) is 0 Å². The summed E-state index contributed by atoms with van der Waals surface area (Å²) in [7, 11) is 0. The van der Waals surface area contributed by atoms with Crippen molar-refractivity contribution in [2.45, 2.75) is 51.0 Å². The molecule has 0 N–H and O–H groups in total. The van der Waals surface area contributed by atoms with E-state index < -0.39 is 0 Å². The highest BCUT2D eigenvalue weighted by Gasteiger charge is 2.48. The first kappa shape index (κ1) is 13.5. The molecule has 4 bridgehead atoms. The summed E-state index contributed by atoms with van der Waals surface area (Å²) < 4.78 is 0. The van der Waals surface area contributed by atoms with E-state index in [-0.39, 0.29) is 5.92 Å². The Labute approximate surface area is 130 Å². The van der Waals surface area contributed by atoms with Crippen molar-refractivity contribution in [3.63, 3.8) is 0 Å². The summed E-state index contributed by atoms with van der Waals surface area (Å²) in [6.45, 7) is 1.98. The largest absolute Gasteiger partial charge is 0.292 e. The Kier molecular flexibility index (Phi) is 3.34. The van der Waals surface area contributed by atoms with Crippen LogP contribution in [0.2, 0.25) is 0 Å². The minimum Gasteiger partial charge on any atom is -0.292 e. The molecule has 0 aliphatic heterocycles. The molecule has 1 aromatic heterocycles. The monoisotopic (exact) mass is 299 g/mol. The van der Waals surface area contributed by atoms with Gasteiger partial charge in [0.05, 0.1) is 12.1 Å². The van der Waals surface area contributed by atoms with Gasteiger partial charge in [0.25, 0.3) is 0 Å². The van der Waals surface area contributed by atoms with Crippen molar-refractivity contribution in [2.75, 3.05) is 0 Å². The quantitative estimate of drug-likeness (QED) is 0.793. The third-order valence-electron chi connectivity index (χ3n) is 5.63. The van der Waals surface area contributed by atoms with Gasteiger partial charge in [-0.05, 0) is 62.7 Å². The van der Waals surface area contributed by atoms with E-state index in [2.05, 4.69) is 11.1 Å². The highest BCUT2D eigenvalue weighted by molar-refractivity contribution is 7.09. The Morgan fingerprint density at radius 1 is 1.29 bits per heavy atom. The van der Waals surface area contributed by atoms with Crippen molar-refractivity contribution in [2.24, 2.45) is 28.7 Å². The minimum absolute atomic E-state index is 0.263. The smallest absolute Gasteiger partial charge is 0.133 e. The molecule has 1 atom stereocenters. The van der Waals surface area contributed by atoms with Crippen LogP contribution < -0.4 is 0 Å². The van der Waals surface area contributed by atoms with Crippen molar-refractivity contribution < 1.29 is 0 Å². The highest BCUT2D eigenvalue weighted by Crippen LogP contribution is 2.54. The molecule has 4 heteroatoms. The van der Waals surface area contributed by atoms with E-state index in [9.17, 15) is 5.26 Å². The Bertz CT molecular complexity index is 569. The van der Waals surface area contributed by atoms with Crippen LogP contribution in [0.25, 0.3) is 0 Å². The molecule has 3 nitrogen and oxygen atoms in total. The molecule has 0 radical (unpaired) electrons. The lowest BCUT2D eigenvalue weighted by Gasteiger charge is -2.53. The Morgan fingerprint density at radius 2 is 1.95 bits per heavy atom. The summed E-state index contributed by atoms with van der Waals surface area (Å²) in [5.41, 5.74) is 0.998. The fraction of sp³-hybridized carbons (Fsp3) is 0.706. The maximum absolute atomic E-state index is 9.40. The second-order valence-corrected chi connectivity index (χ2v) is 8.04. The topological polar surface area (TPSA) is 49.0 Å². The van der Waals surface area contributed by atoms with E-state index in [1.54, 1.807) is 11.3 Å². The fourth-order valence-electron chi connectivity index (χ4n) is 4.99. The zero-order valence-electron chi connectivity index (χ0n) is 12.4. The van der Waals surface area contributed by atoms with Gasteiger partial charge in [-0.25, -0.2) is 4.98 Å². The molecule has 4 fully saturated rings. The SMILES string of the molecule is Cc1csc([C@@H](C#N)C=NC2C3CC4CC(C3)CC2C4)n1. The molecule has 21 heavy (non-hydrogen) atoms. The van der Waals surface area contributed by atoms with E-state index >= 15 is 0 Å². The molecule has 0 unspecified atom stereocenters. The first-order valence-electron chi connectivity index (χ1n) is 8.08. The van der Waals surface area contributed by atoms with Crippen molar-refractivity contribution >= 4 is 17.6 Å². The Balaban J connectivity index is 1.51. The van der Waals surface area contributed by atoms with E-state index in [1.807, 2.05) is 18.5 Å². The predicted molar refractivity (Wildman–Crippen MR) is 84.5 cm³/mol. The maximum Gasteiger partial charge on any atom is 0.133 e. The Morgan fingerprint density at radius 3 is 2.48 bits per heavy atom. The lowest BCUT2D eigenvalue weighted by atomic mass is 9.54. The zero-order chi connectivity index (χ0) is 14.4. The number of aliphatic imine (C=N–C) groups is 1. The third kappa shape index (κ3) is 2.42.